The zero-order valence-corrected chi connectivity index (χ0v) is 14.7. The Morgan fingerprint density at radius 3 is 2.83 bits per heavy atom. The molecule has 1 fully saturated rings. The molecule has 1 heterocycles. The van der Waals surface area contributed by atoms with Crippen molar-refractivity contribution >= 4 is 24.1 Å². The number of nitrogens with one attached hydrogen (secondary N) is 1. The van der Waals surface area contributed by atoms with Crippen LogP contribution in [-0.4, -0.2) is 49.4 Å². The second-order valence-electron chi connectivity index (χ2n) is 5.84. The predicted octanol–water partition coefficient (Wildman–Crippen LogP) is 2.15. The molecule has 1 aliphatic heterocycles. The van der Waals surface area contributed by atoms with Crippen molar-refractivity contribution in [2.24, 2.45) is 5.92 Å². The molecule has 2 atom stereocenters. The SMILES string of the molecule is CNCC1CCN(C(=O)C(C)Oc2cccc(C(C)=O)c2)C1.Cl. The van der Waals surface area contributed by atoms with E-state index >= 15 is 0 Å². The summed E-state index contributed by atoms with van der Waals surface area (Å²) >= 11 is 0. The van der Waals surface area contributed by atoms with Gasteiger partial charge in [0.25, 0.3) is 5.91 Å². The third-order valence-electron chi connectivity index (χ3n) is 3.99. The summed E-state index contributed by atoms with van der Waals surface area (Å²) in [5.74, 6) is 1.06. The van der Waals surface area contributed by atoms with E-state index in [1.807, 2.05) is 11.9 Å². The second kappa shape index (κ2) is 8.89. The maximum atomic E-state index is 12.4. The number of carbonyl (C=O) groups excluding carboxylic acids is 2. The standard InChI is InChI=1S/C17H24N2O3.ClH/c1-12(20)15-5-4-6-16(9-15)22-13(2)17(21)19-8-7-14(11-19)10-18-3;/h4-6,9,13-14,18H,7-8,10-11H2,1-3H3;1H. The molecule has 1 aliphatic rings. The zero-order chi connectivity index (χ0) is 16.1. The van der Waals surface area contributed by atoms with Crippen LogP contribution in [0.5, 0.6) is 5.75 Å². The first-order valence-corrected chi connectivity index (χ1v) is 7.72. The highest BCUT2D eigenvalue weighted by Crippen LogP contribution is 2.19. The Bertz CT molecular complexity index is 550. The normalized spacial score (nSPS) is 18.2. The van der Waals surface area contributed by atoms with Crippen molar-refractivity contribution in [3.8, 4) is 5.75 Å². The second-order valence-corrected chi connectivity index (χ2v) is 5.84. The first-order chi connectivity index (χ1) is 10.5. The van der Waals surface area contributed by atoms with Gasteiger partial charge < -0.3 is 15.0 Å². The van der Waals surface area contributed by atoms with Gasteiger partial charge in [-0.25, -0.2) is 0 Å². The van der Waals surface area contributed by atoms with Crippen LogP contribution in [0.1, 0.15) is 30.6 Å². The molecule has 0 aromatic heterocycles. The number of nitrogens with zero attached hydrogens (tertiary/aromatic N) is 1. The van der Waals surface area contributed by atoms with Crippen molar-refractivity contribution in [3.63, 3.8) is 0 Å². The maximum Gasteiger partial charge on any atom is 0.263 e. The first-order valence-electron chi connectivity index (χ1n) is 7.72. The van der Waals surface area contributed by atoms with Gasteiger partial charge in [-0.3, -0.25) is 9.59 Å². The van der Waals surface area contributed by atoms with Gasteiger partial charge in [0.2, 0.25) is 0 Å². The molecule has 0 radical (unpaired) electrons. The summed E-state index contributed by atoms with van der Waals surface area (Å²) in [6, 6.07) is 6.95. The Kier molecular flexibility index (Phi) is 7.52. The topological polar surface area (TPSA) is 58.6 Å². The molecular formula is C17H25ClN2O3. The molecular weight excluding hydrogens is 316 g/mol. The first kappa shape index (κ1) is 19.5. The van der Waals surface area contributed by atoms with E-state index in [4.69, 9.17) is 4.74 Å². The summed E-state index contributed by atoms with van der Waals surface area (Å²) in [6.07, 6.45) is 0.481. The summed E-state index contributed by atoms with van der Waals surface area (Å²) in [7, 11) is 1.93. The molecule has 0 saturated carbocycles. The summed E-state index contributed by atoms with van der Waals surface area (Å²) in [5.41, 5.74) is 0.590. The molecule has 6 heteroatoms. The molecule has 0 spiro atoms. The zero-order valence-electron chi connectivity index (χ0n) is 13.9. The van der Waals surface area contributed by atoms with Crippen LogP contribution in [0, 0.1) is 5.92 Å². The summed E-state index contributed by atoms with van der Waals surface area (Å²) in [6.45, 7) is 5.76. The van der Waals surface area contributed by atoms with Gasteiger partial charge in [-0.15, -0.1) is 12.4 Å². The number of Topliss-reactive ketones (excluding diaryl/α,β-unsaturated/α-hetero) is 1. The molecule has 0 bridgehead atoms. The number of carbonyl (C=O) groups is 2. The van der Waals surface area contributed by atoms with Gasteiger partial charge >= 0.3 is 0 Å². The quantitative estimate of drug-likeness (QED) is 0.806. The third-order valence-corrected chi connectivity index (χ3v) is 3.99. The predicted molar refractivity (Wildman–Crippen MR) is 92.4 cm³/mol. The van der Waals surface area contributed by atoms with Crippen molar-refractivity contribution in [2.75, 3.05) is 26.7 Å². The lowest BCUT2D eigenvalue weighted by molar-refractivity contribution is -0.137. The van der Waals surface area contributed by atoms with E-state index in [1.54, 1.807) is 31.2 Å². The number of halogens is 1. The monoisotopic (exact) mass is 340 g/mol. The largest absolute Gasteiger partial charge is 0.481 e. The Balaban J connectivity index is 0.00000264. The number of hydrogen-bond acceptors (Lipinski definition) is 4. The van der Waals surface area contributed by atoms with Gasteiger partial charge in [0, 0.05) is 18.7 Å². The molecule has 2 rings (SSSR count). The van der Waals surface area contributed by atoms with Gasteiger partial charge in [-0.2, -0.15) is 0 Å². The summed E-state index contributed by atoms with van der Waals surface area (Å²) in [5, 5.41) is 3.15. The average Bonchev–Trinajstić information content (AvgIpc) is 2.95. The van der Waals surface area contributed by atoms with Crippen molar-refractivity contribution in [3.05, 3.63) is 29.8 Å². The third kappa shape index (κ3) is 5.22. The van der Waals surface area contributed by atoms with Crippen LogP contribution in [0.4, 0.5) is 0 Å². The van der Waals surface area contributed by atoms with E-state index in [-0.39, 0.29) is 24.1 Å². The molecule has 1 amide bonds. The van der Waals surface area contributed by atoms with E-state index in [0.717, 1.165) is 26.1 Å². The van der Waals surface area contributed by atoms with Gasteiger partial charge in [0.1, 0.15) is 5.75 Å². The van der Waals surface area contributed by atoms with Crippen LogP contribution in [-0.2, 0) is 4.79 Å². The maximum absolute atomic E-state index is 12.4. The van der Waals surface area contributed by atoms with Crippen molar-refractivity contribution in [2.45, 2.75) is 26.4 Å². The lowest BCUT2D eigenvalue weighted by atomic mass is 10.1. The molecule has 1 N–H and O–H groups in total. The molecule has 128 valence electrons. The van der Waals surface area contributed by atoms with Gasteiger partial charge in [0.05, 0.1) is 0 Å². The fourth-order valence-corrected chi connectivity index (χ4v) is 2.79. The minimum atomic E-state index is -0.546. The average molecular weight is 341 g/mol. The molecule has 1 aromatic rings. The number of rotatable bonds is 6. The van der Waals surface area contributed by atoms with Crippen LogP contribution in [0.3, 0.4) is 0 Å². The molecule has 1 saturated heterocycles. The van der Waals surface area contributed by atoms with Crippen molar-refractivity contribution < 1.29 is 14.3 Å². The number of benzene rings is 1. The molecule has 1 aromatic carbocycles. The molecule has 23 heavy (non-hydrogen) atoms. The highest BCUT2D eigenvalue weighted by atomic mass is 35.5. The number of ether oxygens (including phenoxy) is 1. The van der Waals surface area contributed by atoms with E-state index in [9.17, 15) is 9.59 Å². The van der Waals surface area contributed by atoms with Crippen molar-refractivity contribution in [1.29, 1.82) is 0 Å². The van der Waals surface area contributed by atoms with Crippen LogP contribution in [0.2, 0.25) is 0 Å². The number of amides is 1. The number of likely N-dealkylation sites (tertiary alicyclic amines) is 1. The lowest BCUT2D eigenvalue weighted by Crippen LogP contribution is -2.39. The fraction of sp³-hybridized carbons (Fsp3) is 0.529. The van der Waals surface area contributed by atoms with Gasteiger partial charge in [-0.05, 0) is 51.9 Å². The van der Waals surface area contributed by atoms with E-state index in [2.05, 4.69) is 5.32 Å². The smallest absolute Gasteiger partial charge is 0.263 e. The highest BCUT2D eigenvalue weighted by molar-refractivity contribution is 5.94. The van der Waals surface area contributed by atoms with Gasteiger partial charge in [-0.1, -0.05) is 12.1 Å². The van der Waals surface area contributed by atoms with Crippen LogP contribution < -0.4 is 10.1 Å². The van der Waals surface area contributed by atoms with Crippen molar-refractivity contribution in [1.82, 2.24) is 10.2 Å². The van der Waals surface area contributed by atoms with E-state index in [0.29, 0.717) is 17.2 Å². The number of hydrogen-bond donors (Lipinski definition) is 1. The highest BCUT2D eigenvalue weighted by Gasteiger charge is 2.29. The Morgan fingerprint density at radius 2 is 2.17 bits per heavy atom. The Morgan fingerprint density at radius 1 is 1.43 bits per heavy atom. The molecule has 2 unspecified atom stereocenters. The van der Waals surface area contributed by atoms with E-state index in [1.165, 1.54) is 6.92 Å². The van der Waals surface area contributed by atoms with Crippen LogP contribution in [0.15, 0.2) is 24.3 Å². The van der Waals surface area contributed by atoms with Crippen LogP contribution >= 0.6 is 12.4 Å². The Hall–Kier alpha value is -1.59. The molecule has 0 aliphatic carbocycles. The van der Waals surface area contributed by atoms with Gasteiger partial charge in [0.15, 0.2) is 11.9 Å². The molecule has 5 nitrogen and oxygen atoms in total. The minimum absolute atomic E-state index is 0. The fourth-order valence-electron chi connectivity index (χ4n) is 2.79. The minimum Gasteiger partial charge on any atom is -0.481 e. The summed E-state index contributed by atoms with van der Waals surface area (Å²) < 4.78 is 5.72. The Labute approximate surface area is 143 Å². The number of ketones is 1. The summed E-state index contributed by atoms with van der Waals surface area (Å²) in [4.78, 5) is 25.7. The van der Waals surface area contributed by atoms with Crippen LogP contribution in [0.25, 0.3) is 0 Å². The lowest BCUT2D eigenvalue weighted by Gasteiger charge is -2.22. The van der Waals surface area contributed by atoms with E-state index < -0.39 is 6.10 Å².